The van der Waals surface area contributed by atoms with Crippen LogP contribution in [0.4, 0.5) is 0 Å². The van der Waals surface area contributed by atoms with E-state index in [1.807, 2.05) is 33.8 Å². The van der Waals surface area contributed by atoms with Gasteiger partial charge in [-0.15, -0.1) is 0 Å². The summed E-state index contributed by atoms with van der Waals surface area (Å²) in [7, 11) is 0. The molecule has 6 nitrogen and oxygen atoms in total. The van der Waals surface area contributed by atoms with Crippen molar-refractivity contribution < 1.29 is 19.2 Å². The summed E-state index contributed by atoms with van der Waals surface area (Å²) in [6.07, 6.45) is 0. The number of hydrogen-bond donors (Lipinski definition) is 2. The van der Waals surface area contributed by atoms with Crippen LogP contribution in [-0.2, 0) is 4.79 Å². The molecule has 0 aliphatic carbocycles. The number of nitrogens with one attached hydrogen (secondary N) is 1. The van der Waals surface area contributed by atoms with Gasteiger partial charge in [-0.1, -0.05) is 37.2 Å². The van der Waals surface area contributed by atoms with E-state index in [1.54, 1.807) is 12.1 Å². The van der Waals surface area contributed by atoms with Gasteiger partial charge in [0.25, 0.3) is 5.91 Å². The van der Waals surface area contributed by atoms with Gasteiger partial charge in [0.1, 0.15) is 5.76 Å². The van der Waals surface area contributed by atoms with Crippen LogP contribution in [-0.4, -0.2) is 22.1 Å². The summed E-state index contributed by atoms with van der Waals surface area (Å²) in [4.78, 5) is 23.7. The number of carboxylic acid groups (broad SMARTS) is 1. The van der Waals surface area contributed by atoms with Crippen molar-refractivity contribution in [3.8, 4) is 0 Å². The fourth-order valence-electron chi connectivity index (χ4n) is 2.11. The maximum atomic E-state index is 12.2. The number of carboxylic acids is 1. The number of hydrogen-bond acceptors (Lipinski definition) is 4. The number of aliphatic carboxylic acids is 1. The van der Waals surface area contributed by atoms with Crippen LogP contribution in [0.3, 0.4) is 0 Å². The van der Waals surface area contributed by atoms with Crippen molar-refractivity contribution >= 4 is 11.9 Å². The Morgan fingerprint density at radius 2 is 1.87 bits per heavy atom. The zero-order valence-electron chi connectivity index (χ0n) is 13.6. The number of nitrogens with zero attached hydrogens (tertiary/aromatic N) is 1. The van der Waals surface area contributed by atoms with Gasteiger partial charge in [0.2, 0.25) is 0 Å². The molecule has 0 radical (unpaired) electrons. The smallest absolute Gasteiger partial charge is 0.330 e. The Morgan fingerprint density at radius 3 is 2.39 bits per heavy atom. The minimum absolute atomic E-state index is 0.0729. The zero-order chi connectivity index (χ0) is 17.1. The van der Waals surface area contributed by atoms with E-state index in [9.17, 15) is 14.7 Å². The summed E-state index contributed by atoms with van der Waals surface area (Å²) in [5.74, 6) is -1.03. The van der Waals surface area contributed by atoms with Crippen molar-refractivity contribution in [2.45, 2.75) is 39.7 Å². The number of rotatable bonds is 5. The number of aryl methyl sites for hydroxylation is 2. The monoisotopic (exact) mass is 316 g/mol. The van der Waals surface area contributed by atoms with Crippen LogP contribution in [0.5, 0.6) is 0 Å². The zero-order valence-corrected chi connectivity index (χ0v) is 13.6. The van der Waals surface area contributed by atoms with Gasteiger partial charge in [-0.2, -0.15) is 0 Å². The molecule has 1 amide bonds. The molecule has 0 spiro atoms. The summed E-state index contributed by atoms with van der Waals surface area (Å²) < 4.78 is 5.07. The van der Waals surface area contributed by atoms with Crippen molar-refractivity contribution in [2.24, 2.45) is 0 Å². The van der Waals surface area contributed by atoms with E-state index in [1.165, 1.54) is 6.07 Å². The van der Waals surface area contributed by atoms with E-state index in [4.69, 9.17) is 4.52 Å². The molecule has 122 valence electrons. The summed E-state index contributed by atoms with van der Waals surface area (Å²) in [5.41, 5.74) is 2.61. The van der Waals surface area contributed by atoms with E-state index in [-0.39, 0.29) is 11.6 Å². The minimum Gasteiger partial charge on any atom is -0.479 e. The van der Waals surface area contributed by atoms with Crippen molar-refractivity contribution in [1.82, 2.24) is 10.5 Å². The Morgan fingerprint density at radius 1 is 1.17 bits per heavy atom. The van der Waals surface area contributed by atoms with Gasteiger partial charge in [0.05, 0.1) is 0 Å². The third-order valence-corrected chi connectivity index (χ3v) is 3.72. The Bertz CT molecular complexity index is 734. The lowest BCUT2D eigenvalue weighted by molar-refractivity contribution is -0.139. The molecule has 0 aliphatic rings. The standard InChI is InChI=1S/C17H20N2O4/c1-9(2)14-8-13(19-23-14)16(20)18-15(17(21)22)12-6-5-10(3)11(4)7-12/h5-9,15H,1-4H3,(H,18,20)(H,21,22). The number of aromatic nitrogens is 1. The normalized spacial score (nSPS) is 12.2. The first-order chi connectivity index (χ1) is 10.8. The molecule has 0 bridgehead atoms. The van der Waals surface area contributed by atoms with Crippen LogP contribution < -0.4 is 5.32 Å². The first kappa shape index (κ1) is 16.7. The number of carbonyl (C=O) groups is 2. The summed E-state index contributed by atoms with van der Waals surface area (Å²) in [6.45, 7) is 7.66. The highest BCUT2D eigenvalue weighted by Crippen LogP contribution is 2.19. The molecular weight excluding hydrogens is 296 g/mol. The van der Waals surface area contributed by atoms with Crippen LogP contribution in [0, 0.1) is 13.8 Å². The fourth-order valence-corrected chi connectivity index (χ4v) is 2.11. The fraction of sp³-hybridized carbons (Fsp3) is 0.353. The lowest BCUT2D eigenvalue weighted by atomic mass is 10.0. The van der Waals surface area contributed by atoms with Gasteiger partial charge < -0.3 is 14.9 Å². The number of amides is 1. The molecule has 0 aliphatic heterocycles. The van der Waals surface area contributed by atoms with Crippen molar-refractivity contribution in [3.05, 3.63) is 52.4 Å². The van der Waals surface area contributed by atoms with Crippen LogP contribution in [0.15, 0.2) is 28.8 Å². The Balaban J connectivity index is 2.23. The summed E-state index contributed by atoms with van der Waals surface area (Å²) in [5, 5.41) is 15.6. The van der Waals surface area contributed by atoms with Gasteiger partial charge in [-0.05, 0) is 30.5 Å². The van der Waals surface area contributed by atoms with Crippen LogP contribution in [0.25, 0.3) is 0 Å². The lowest BCUT2D eigenvalue weighted by Gasteiger charge is -2.15. The van der Waals surface area contributed by atoms with Gasteiger partial charge >= 0.3 is 5.97 Å². The van der Waals surface area contributed by atoms with Crippen LogP contribution >= 0.6 is 0 Å². The SMILES string of the molecule is Cc1ccc(C(NC(=O)c2cc(C(C)C)on2)C(=O)O)cc1C. The molecule has 1 aromatic heterocycles. The topological polar surface area (TPSA) is 92.4 Å². The largest absolute Gasteiger partial charge is 0.479 e. The maximum Gasteiger partial charge on any atom is 0.330 e. The van der Waals surface area contributed by atoms with Gasteiger partial charge in [-0.25, -0.2) is 4.79 Å². The summed E-state index contributed by atoms with van der Waals surface area (Å²) in [6, 6.07) is 5.68. The molecule has 23 heavy (non-hydrogen) atoms. The molecule has 0 saturated carbocycles. The van der Waals surface area contributed by atoms with E-state index >= 15 is 0 Å². The molecule has 1 atom stereocenters. The highest BCUT2D eigenvalue weighted by molar-refractivity contribution is 5.95. The van der Waals surface area contributed by atoms with E-state index in [0.717, 1.165) is 11.1 Å². The third kappa shape index (κ3) is 3.77. The molecule has 1 aromatic carbocycles. The van der Waals surface area contributed by atoms with E-state index in [2.05, 4.69) is 10.5 Å². The second-order valence-electron chi connectivity index (χ2n) is 5.86. The maximum absolute atomic E-state index is 12.2. The highest BCUT2D eigenvalue weighted by atomic mass is 16.5. The van der Waals surface area contributed by atoms with Crippen molar-refractivity contribution in [2.75, 3.05) is 0 Å². The minimum atomic E-state index is -1.14. The molecule has 1 heterocycles. The molecule has 1 unspecified atom stereocenters. The molecule has 2 aromatic rings. The second-order valence-corrected chi connectivity index (χ2v) is 5.86. The average molecular weight is 316 g/mol. The molecule has 2 N–H and O–H groups in total. The number of carbonyl (C=O) groups excluding carboxylic acids is 1. The van der Waals surface area contributed by atoms with Gasteiger partial charge in [-0.3, -0.25) is 4.79 Å². The highest BCUT2D eigenvalue weighted by Gasteiger charge is 2.25. The summed E-state index contributed by atoms with van der Waals surface area (Å²) >= 11 is 0. The Hall–Kier alpha value is -2.63. The predicted octanol–water partition coefficient (Wildman–Crippen LogP) is 2.97. The van der Waals surface area contributed by atoms with E-state index < -0.39 is 17.9 Å². The molecule has 6 heteroatoms. The Labute approximate surface area is 134 Å². The quantitative estimate of drug-likeness (QED) is 0.884. The third-order valence-electron chi connectivity index (χ3n) is 3.72. The van der Waals surface area contributed by atoms with Gasteiger partial charge in [0.15, 0.2) is 11.7 Å². The molecular formula is C17H20N2O4. The van der Waals surface area contributed by atoms with Crippen LogP contribution in [0.2, 0.25) is 0 Å². The lowest BCUT2D eigenvalue weighted by Crippen LogP contribution is -2.34. The second kappa shape index (κ2) is 6.64. The first-order valence-corrected chi connectivity index (χ1v) is 7.37. The number of benzene rings is 1. The molecule has 0 saturated heterocycles. The van der Waals surface area contributed by atoms with Crippen LogP contribution in [0.1, 0.15) is 58.7 Å². The van der Waals surface area contributed by atoms with Crippen molar-refractivity contribution in [1.29, 1.82) is 0 Å². The Kier molecular flexibility index (Phi) is 4.83. The average Bonchev–Trinajstić information content (AvgIpc) is 2.97. The van der Waals surface area contributed by atoms with Crippen molar-refractivity contribution in [3.63, 3.8) is 0 Å². The first-order valence-electron chi connectivity index (χ1n) is 7.37. The molecule has 2 rings (SSSR count). The van der Waals surface area contributed by atoms with E-state index in [0.29, 0.717) is 11.3 Å². The predicted molar refractivity (Wildman–Crippen MR) is 84.4 cm³/mol. The van der Waals surface area contributed by atoms with Gasteiger partial charge in [0, 0.05) is 12.0 Å². The molecule has 0 fully saturated rings.